The molecule has 0 saturated carbocycles. The van der Waals surface area contributed by atoms with E-state index in [9.17, 15) is 5.11 Å². The fourth-order valence-corrected chi connectivity index (χ4v) is 0.813. The van der Waals surface area contributed by atoms with Gasteiger partial charge in [-0.25, -0.2) is 0 Å². The zero-order valence-electron chi connectivity index (χ0n) is 8.09. The first kappa shape index (κ1) is 10.9. The minimum atomic E-state index is -0.232. The lowest BCUT2D eigenvalue weighted by Gasteiger charge is -2.28. The Morgan fingerprint density at radius 1 is 1.36 bits per heavy atom. The molecule has 0 saturated heterocycles. The second-order valence-corrected chi connectivity index (χ2v) is 4.27. The van der Waals surface area contributed by atoms with Gasteiger partial charge in [-0.2, -0.15) is 0 Å². The summed E-state index contributed by atoms with van der Waals surface area (Å²) in [4.78, 5) is 0. The molecule has 0 amide bonds. The molecule has 2 nitrogen and oxygen atoms in total. The van der Waals surface area contributed by atoms with Gasteiger partial charge in [0.05, 0.1) is 6.10 Å². The van der Waals surface area contributed by atoms with Crippen molar-refractivity contribution in [3.63, 3.8) is 0 Å². The van der Waals surface area contributed by atoms with Crippen molar-refractivity contribution in [1.82, 2.24) is 0 Å². The van der Waals surface area contributed by atoms with E-state index >= 15 is 0 Å². The minimum absolute atomic E-state index is 0.0949. The number of nitrogens with two attached hydrogens (primary N) is 1. The number of aliphatic hydroxyl groups excluding tert-OH is 1. The molecule has 11 heavy (non-hydrogen) atoms. The molecule has 0 aromatic rings. The predicted octanol–water partition coefficient (Wildman–Crippen LogP) is 1.52. The number of rotatable bonds is 3. The summed E-state index contributed by atoms with van der Waals surface area (Å²) in [6, 6.07) is 0.0949. The summed E-state index contributed by atoms with van der Waals surface area (Å²) in [7, 11) is 0. The molecule has 0 bridgehead atoms. The Morgan fingerprint density at radius 3 is 2.09 bits per heavy atom. The highest BCUT2D eigenvalue weighted by molar-refractivity contribution is 4.78. The van der Waals surface area contributed by atoms with Crippen molar-refractivity contribution in [2.24, 2.45) is 11.1 Å². The van der Waals surface area contributed by atoms with Crippen LogP contribution in [-0.2, 0) is 0 Å². The molecular weight excluding hydrogens is 138 g/mol. The summed E-state index contributed by atoms with van der Waals surface area (Å²) in [5.74, 6) is 0. The maximum absolute atomic E-state index is 9.31. The van der Waals surface area contributed by atoms with Gasteiger partial charge in [-0.15, -0.1) is 0 Å². The van der Waals surface area contributed by atoms with Crippen LogP contribution in [-0.4, -0.2) is 17.3 Å². The van der Waals surface area contributed by atoms with E-state index in [1.54, 1.807) is 0 Å². The smallest absolute Gasteiger partial charge is 0.0552 e. The SMILES string of the molecule is CC[C@@H](O)C[C@@H](N)C(C)(C)C. The molecule has 0 radical (unpaired) electrons. The monoisotopic (exact) mass is 159 g/mol. The van der Waals surface area contributed by atoms with Crippen molar-refractivity contribution < 1.29 is 5.11 Å². The lowest BCUT2D eigenvalue weighted by atomic mass is 9.84. The molecule has 3 N–H and O–H groups in total. The fourth-order valence-electron chi connectivity index (χ4n) is 0.813. The van der Waals surface area contributed by atoms with E-state index in [4.69, 9.17) is 5.73 Å². The molecule has 0 aliphatic rings. The zero-order chi connectivity index (χ0) is 9.07. The number of hydrogen-bond acceptors (Lipinski definition) is 2. The Labute approximate surface area is 69.8 Å². The quantitative estimate of drug-likeness (QED) is 0.656. The highest BCUT2D eigenvalue weighted by atomic mass is 16.3. The Morgan fingerprint density at radius 2 is 1.82 bits per heavy atom. The first-order chi connectivity index (χ1) is 4.88. The maximum atomic E-state index is 9.31. The summed E-state index contributed by atoms with van der Waals surface area (Å²) in [6.45, 7) is 8.26. The van der Waals surface area contributed by atoms with E-state index in [0.717, 1.165) is 6.42 Å². The van der Waals surface area contributed by atoms with Crippen LogP contribution >= 0.6 is 0 Å². The van der Waals surface area contributed by atoms with E-state index in [0.29, 0.717) is 6.42 Å². The third-order valence-corrected chi connectivity index (χ3v) is 2.11. The molecule has 0 aromatic carbocycles. The largest absolute Gasteiger partial charge is 0.393 e. The van der Waals surface area contributed by atoms with Gasteiger partial charge in [0.2, 0.25) is 0 Å². The van der Waals surface area contributed by atoms with E-state index < -0.39 is 0 Å². The van der Waals surface area contributed by atoms with Crippen LogP contribution in [0.5, 0.6) is 0 Å². The van der Waals surface area contributed by atoms with Crippen LogP contribution in [0.15, 0.2) is 0 Å². The number of aliphatic hydroxyl groups is 1. The van der Waals surface area contributed by atoms with Crippen molar-refractivity contribution in [2.45, 2.75) is 52.7 Å². The lowest BCUT2D eigenvalue weighted by Crippen LogP contribution is -2.37. The van der Waals surface area contributed by atoms with Crippen LogP contribution in [0.3, 0.4) is 0 Å². The van der Waals surface area contributed by atoms with Crippen LogP contribution in [0.2, 0.25) is 0 Å². The van der Waals surface area contributed by atoms with Crippen molar-refractivity contribution in [2.75, 3.05) is 0 Å². The van der Waals surface area contributed by atoms with E-state index in [1.807, 2.05) is 6.92 Å². The van der Waals surface area contributed by atoms with Crippen molar-refractivity contribution >= 4 is 0 Å². The normalized spacial score (nSPS) is 18.0. The van der Waals surface area contributed by atoms with Gasteiger partial charge in [0.1, 0.15) is 0 Å². The minimum Gasteiger partial charge on any atom is -0.393 e. The fraction of sp³-hybridized carbons (Fsp3) is 1.00. The van der Waals surface area contributed by atoms with Crippen molar-refractivity contribution in [3.8, 4) is 0 Å². The Bertz CT molecular complexity index is 107. The van der Waals surface area contributed by atoms with Gasteiger partial charge in [0.25, 0.3) is 0 Å². The molecule has 0 spiro atoms. The summed E-state index contributed by atoms with van der Waals surface area (Å²) in [5.41, 5.74) is 5.97. The van der Waals surface area contributed by atoms with Crippen LogP contribution in [0.1, 0.15) is 40.5 Å². The molecule has 68 valence electrons. The molecular formula is C9H21NO. The van der Waals surface area contributed by atoms with E-state index in [-0.39, 0.29) is 17.6 Å². The molecule has 0 aliphatic heterocycles. The third kappa shape index (κ3) is 4.38. The molecule has 0 aromatic heterocycles. The van der Waals surface area contributed by atoms with Gasteiger partial charge in [-0.1, -0.05) is 27.7 Å². The average Bonchev–Trinajstić information content (AvgIpc) is 1.85. The molecule has 2 heteroatoms. The Hall–Kier alpha value is -0.0800. The highest BCUT2D eigenvalue weighted by Crippen LogP contribution is 2.21. The van der Waals surface area contributed by atoms with Gasteiger partial charge in [0.15, 0.2) is 0 Å². The van der Waals surface area contributed by atoms with Gasteiger partial charge in [-0.05, 0) is 18.3 Å². The molecule has 0 heterocycles. The van der Waals surface area contributed by atoms with Crippen molar-refractivity contribution in [1.29, 1.82) is 0 Å². The third-order valence-electron chi connectivity index (χ3n) is 2.11. The average molecular weight is 159 g/mol. The first-order valence-corrected chi connectivity index (χ1v) is 4.31. The first-order valence-electron chi connectivity index (χ1n) is 4.31. The van der Waals surface area contributed by atoms with Crippen LogP contribution in [0.4, 0.5) is 0 Å². The molecule has 0 unspecified atom stereocenters. The lowest BCUT2D eigenvalue weighted by molar-refractivity contribution is 0.128. The number of hydrogen-bond donors (Lipinski definition) is 2. The maximum Gasteiger partial charge on any atom is 0.0552 e. The molecule has 0 aliphatic carbocycles. The van der Waals surface area contributed by atoms with Crippen LogP contribution in [0, 0.1) is 5.41 Å². The molecule has 0 fully saturated rings. The second-order valence-electron chi connectivity index (χ2n) is 4.27. The van der Waals surface area contributed by atoms with E-state index in [2.05, 4.69) is 20.8 Å². The summed E-state index contributed by atoms with van der Waals surface area (Å²) < 4.78 is 0. The highest BCUT2D eigenvalue weighted by Gasteiger charge is 2.22. The second kappa shape index (κ2) is 4.07. The Kier molecular flexibility index (Phi) is 4.04. The van der Waals surface area contributed by atoms with Crippen molar-refractivity contribution in [3.05, 3.63) is 0 Å². The van der Waals surface area contributed by atoms with Gasteiger partial charge in [-0.3, -0.25) is 0 Å². The van der Waals surface area contributed by atoms with Crippen LogP contribution in [0.25, 0.3) is 0 Å². The zero-order valence-corrected chi connectivity index (χ0v) is 8.09. The topological polar surface area (TPSA) is 46.2 Å². The Balaban J connectivity index is 3.77. The predicted molar refractivity (Wildman–Crippen MR) is 48.3 cm³/mol. The van der Waals surface area contributed by atoms with Crippen LogP contribution < -0.4 is 5.73 Å². The summed E-state index contributed by atoms with van der Waals surface area (Å²) in [6.07, 6.45) is 1.27. The van der Waals surface area contributed by atoms with E-state index in [1.165, 1.54) is 0 Å². The molecule has 2 atom stereocenters. The van der Waals surface area contributed by atoms with Gasteiger partial charge >= 0.3 is 0 Å². The summed E-state index contributed by atoms with van der Waals surface area (Å²) >= 11 is 0. The van der Waals surface area contributed by atoms with Gasteiger partial charge < -0.3 is 10.8 Å². The summed E-state index contributed by atoms with van der Waals surface area (Å²) in [5, 5.41) is 9.31. The standard InChI is InChI=1S/C9H21NO/c1-5-7(11)6-8(10)9(2,3)4/h7-8,11H,5-6,10H2,1-4H3/t7-,8-/m1/s1. The molecule has 0 rings (SSSR count). The van der Waals surface area contributed by atoms with Gasteiger partial charge in [0, 0.05) is 6.04 Å².